The van der Waals surface area contributed by atoms with Crippen molar-refractivity contribution < 1.29 is 24.2 Å². The van der Waals surface area contributed by atoms with Crippen LogP contribution in [0.3, 0.4) is 0 Å². The van der Waals surface area contributed by atoms with Gasteiger partial charge in [0, 0.05) is 13.5 Å². The summed E-state index contributed by atoms with van der Waals surface area (Å²) in [6, 6.07) is -0.183. The minimum Gasteiger partial charge on any atom is -0.435 e. The van der Waals surface area contributed by atoms with E-state index in [2.05, 4.69) is 0 Å². The van der Waals surface area contributed by atoms with Crippen molar-refractivity contribution in [2.45, 2.75) is 44.9 Å². The van der Waals surface area contributed by atoms with Crippen LogP contribution in [-0.2, 0) is 4.74 Å². The summed E-state index contributed by atoms with van der Waals surface area (Å²) in [7, 11) is 1.56. The number of quaternary nitrogens is 1. The highest BCUT2D eigenvalue weighted by atomic mass is 16.5. The maximum Gasteiger partial charge on any atom is 0.514 e. The van der Waals surface area contributed by atoms with Gasteiger partial charge in [0.15, 0.2) is 0 Å². The molecule has 0 aromatic carbocycles. The second-order valence-corrected chi connectivity index (χ2v) is 5.50. The number of carboxylic acid groups (broad SMARTS) is 1. The number of methoxy groups -OCH3 is 1. The summed E-state index contributed by atoms with van der Waals surface area (Å²) >= 11 is 0. The molecule has 0 aromatic heterocycles. The van der Waals surface area contributed by atoms with Crippen LogP contribution in [0.4, 0.5) is 4.79 Å². The van der Waals surface area contributed by atoms with Crippen molar-refractivity contribution in [3.63, 3.8) is 0 Å². The van der Waals surface area contributed by atoms with Crippen LogP contribution in [0.25, 0.3) is 0 Å². The molecule has 1 heterocycles. The Balaban J connectivity index is 3.12. The first kappa shape index (κ1) is 13.4. The third-order valence-corrected chi connectivity index (χ3v) is 3.56. The van der Waals surface area contributed by atoms with Gasteiger partial charge in [0.05, 0.1) is 6.61 Å². The van der Waals surface area contributed by atoms with Crippen molar-refractivity contribution in [2.24, 2.45) is 0 Å². The van der Waals surface area contributed by atoms with Crippen molar-refractivity contribution >= 4 is 6.09 Å². The molecule has 1 unspecified atom stereocenters. The van der Waals surface area contributed by atoms with Gasteiger partial charge in [0.25, 0.3) is 0 Å². The molecular weight excluding hydrogens is 210 g/mol. The molecule has 0 aromatic rings. The van der Waals surface area contributed by atoms with Crippen LogP contribution in [0.15, 0.2) is 0 Å². The summed E-state index contributed by atoms with van der Waals surface area (Å²) in [5.41, 5.74) is -0.452. The van der Waals surface area contributed by atoms with Crippen molar-refractivity contribution in [3.05, 3.63) is 0 Å². The number of carbonyl (C=O) groups is 1. The van der Waals surface area contributed by atoms with E-state index in [0.29, 0.717) is 13.0 Å². The third-order valence-electron chi connectivity index (χ3n) is 3.56. The molecule has 1 amide bonds. The molecule has 1 aliphatic rings. The largest absolute Gasteiger partial charge is 0.514 e. The van der Waals surface area contributed by atoms with Gasteiger partial charge >= 0.3 is 6.09 Å². The zero-order chi connectivity index (χ0) is 12.6. The van der Waals surface area contributed by atoms with Crippen LogP contribution >= 0.6 is 0 Å². The van der Waals surface area contributed by atoms with E-state index < -0.39 is 17.7 Å². The topological polar surface area (TPSA) is 66.8 Å². The van der Waals surface area contributed by atoms with E-state index in [0.717, 1.165) is 0 Å². The number of hydrogen-bond donors (Lipinski definition) is 2. The molecule has 5 nitrogen and oxygen atoms in total. The number of rotatable bonds is 2. The van der Waals surface area contributed by atoms with E-state index in [-0.39, 0.29) is 17.1 Å². The molecule has 16 heavy (non-hydrogen) atoms. The van der Waals surface area contributed by atoms with Gasteiger partial charge in [-0.05, 0) is 20.8 Å². The van der Waals surface area contributed by atoms with Crippen LogP contribution in [-0.4, -0.2) is 58.7 Å². The Hall–Kier alpha value is -0.650. The number of likely N-dealkylation sites (tertiary alicyclic amines) is 1. The molecule has 94 valence electrons. The summed E-state index contributed by atoms with van der Waals surface area (Å²) in [5, 5.41) is 19.3. The van der Waals surface area contributed by atoms with E-state index >= 15 is 0 Å². The zero-order valence-corrected chi connectivity index (χ0v) is 10.4. The lowest BCUT2D eigenvalue weighted by Gasteiger charge is -2.44. The van der Waals surface area contributed by atoms with Crippen LogP contribution in [0, 0.1) is 0 Å². The number of aliphatic hydroxyl groups is 1. The van der Waals surface area contributed by atoms with Crippen molar-refractivity contribution in [1.82, 2.24) is 0 Å². The number of ether oxygens (including phenoxy) is 1. The Morgan fingerprint density at radius 1 is 1.50 bits per heavy atom. The Morgan fingerprint density at radius 3 is 2.44 bits per heavy atom. The third kappa shape index (κ3) is 1.95. The summed E-state index contributed by atoms with van der Waals surface area (Å²) < 4.78 is 4.96. The van der Waals surface area contributed by atoms with Gasteiger partial charge in [0.2, 0.25) is 0 Å². The zero-order valence-electron chi connectivity index (χ0n) is 10.4. The summed E-state index contributed by atoms with van der Waals surface area (Å²) in [6.07, 6.45) is -0.959. The number of aliphatic hydroxyl groups excluding tert-OH is 1. The molecule has 0 saturated carbocycles. The maximum absolute atomic E-state index is 11.6. The van der Waals surface area contributed by atoms with Gasteiger partial charge in [0.1, 0.15) is 24.2 Å². The number of hydrogen-bond acceptors (Lipinski definition) is 3. The Labute approximate surface area is 96.2 Å². The lowest BCUT2D eigenvalue weighted by atomic mass is 10.00. The standard InChI is InChI=1S/C11H21NO4/c1-11(2,3)12(10(14)15)6-9(13)5-8(12)7-16-4/h8-9,13H,5-7H2,1-4H3/p+1/t8-,9+,12?/m1/s1. The molecule has 1 aliphatic heterocycles. The molecular formula is C11H22NO4+. The van der Waals surface area contributed by atoms with Crippen LogP contribution in [0.5, 0.6) is 0 Å². The van der Waals surface area contributed by atoms with Gasteiger partial charge in [-0.3, -0.25) is 0 Å². The quantitative estimate of drug-likeness (QED) is 0.699. The first-order valence-electron chi connectivity index (χ1n) is 5.54. The van der Waals surface area contributed by atoms with Crippen molar-refractivity contribution in [2.75, 3.05) is 20.3 Å². The number of nitrogens with zero attached hydrogens (tertiary/aromatic N) is 1. The van der Waals surface area contributed by atoms with Crippen LogP contribution in [0.2, 0.25) is 0 Å². The predicted octanol–water partition coefficient (Wildman–Crippen LogP) is 1.06. The molecule has 1 fully saturated rings. The van der Waals surface area contributed by atoms with E-state index in [9.17, 15) is 15.0 Å². The first-order valence-corrected chi connectivity index (χ1v) is 5.54. The highest BCUT2D eigenvalue weighted by molar-refractivity contribution is 5.58. The predicted molar refractivity (Wildman–Crippen MR) is 59.2 cm³/mol. The van der Waals surface area contributed by atoms with E-state index in [1.165, 1.54) is 0 Å². The molecule has 0 spiro atoms. The smallest absolute Gasteiger partial charge is 0.435 e. The van der Waals surface area contributed by atoms with E-state index in [4.69, 9.17) is 4.74 Å². The maximum atomic E-state index is 11.6. The second kappa shape index (κ2) is 4.31. The van der Waals surface area contributed by atoms with E-state index in [1.807, 2.05) is 20.8 Å². The molecule has 3 atom stereocenters. The minimum absolute atomic E-state index is 0.123. The monoisotopic (exact) mass is 232 g/mol. The summed E-state index contributed by atoms with van der Waals surface area (Å²) in [4.78, 5) is 11.6. The molecule has 1 saturated heterocycles. The normalized spacial score (nSPS) is 35.3. The molecule has 0 bridgehead atoms. The lowest BCUT2D eigenvalue weighted by Crippen LogP contribution is -2.66. The fraction of sp³-hybridized carbons (Fsp3) is 0.909. The molecule has 2 N–H and O–H groups in total. The van der Waals surface area contributed by atoms with Crippen molar-refractivity contribution in [1.29, 1.82) is 0 Å². The molecule has 0 radical (unpaired) electrons. The Morgan fingerprint density at radius 2 is 2.06 bits per heavy atom. The summed E-state index contributed by atoms with van der Waals surface area (Å²) in [5.74, 6) is 0. The van der Waals surface area contributed by atoms with Crippen LogP contribution < -0.4 is 0 Å². The lowest BCUT2D eigenvalue weighted by molar-refractivity contribution is -0.916. The van der Waals surface area contributed by atoms with Gasteiger partial charge in [-0.1, -0.05) is 0 Å². The highest BCUT2D eigenvalue weighted by Crippen LogP contribution is 2.37. The van der Waals surface area contributed by atoms with Crippen LogP contribution in [0.1, 0.15) is 27.2 Å². The fourth-order valence-corrected chi connectivity index (χ4v) is 2.78. The summed E-state index contributed by atoms with van der Waals surface area (Å²) in [6.45, 7) is 6.29. The molecule has 5 heteroatoms. The average molecular weight is 232 g/mol. The van der Waals surface area contributed by atoms with Gasteiger partial charge in [-0.2, -0.15) is 4.79 Å². The molecule has 0 aliphatic carbocycles. The Bertz CT molecular complexity index is 274. The Kier molecular flexibility index (Phi) is 3.62. The van der Waals surface area contributed by atoms with Crippen molar-refractivity contribution in [3.8, 4) is 0 Å². The van der Waals surface area contributed by atoms with Gasteiger partial charge < -0.3 is 14.9 Å². The SMILES string of the molecule is COC[C@H]1C[C@H](O)C[N+]1(C(=O)O)C(C)(C)C. The highest BCUT2D eigenvalue weighted by Gasteiger charge is 2.59. The average Bonchev–Trinajstić information content (AvgIpc) is 2.43. The minimum atomic E-state index is -0.883. The second-order valence-electron chi connectivity index (χ2n) is 5.50. The fourth-order valence-electron chi connectivity index (χ4n) is 2.78. The van der Waals surface area contributed by atoms with Gasteiger partial charge in [-0.25, -0.2) is 4.48 Å². The number of amides is 1. The first-order chi connectivity index (χ1) is 7.25. The molecule has 1 rings (SSSR count). The van der Waals surface area contributed by atoms with Gasteiger partial charge in [-0.15, -0.1) is 0 Å². The van der Waals surface area contributed by atoms with E-state index in [1.54, 1.807) is 7.11 Å².